The van der Waals surface area contributed by atoms with Crippen LogP contribution in [0.3, 0.4) is 0 Å². The zero-order valence-corrected chi connectivity index (χ0v) is 18.5. The number of rotatable bonds is 8. The fourth-order valence-corrected chi connectivity index (χ4v) is 3.60. The van der Waals surface area contributed by atoms with Crippen molar-refractivity contribution in [2.24, 2.45) is 5.92 Å². The smallest absolute Gasteiger partial charge is 0.330 e. The number of H-pyrrole nitrogens is 2. The summed E-state index contributed by atoms with van der Waals surface area (Å²) in [4.78, 5) is 54.0. The van der Waals surface area contributed by atoms with Crippen molar-refractivity contribution in [2.75, 3.05) is 17.2 Å². The van der Waals surface area contributed by atoms with Crippen LogP contribution in [-0.4, -0.2) is 32.2 Å². The second-order valence-electron chi connectivity index (χ2n) is 8.12. The molecule has 1 aromatic carbocycles. The molecule has 3 aromatic rings. The number of hydrogen-bond donors (Lipinski definition) is 3. The van der Waals surface area contributed by atoms with E-state index in [1.807, 2.05) is 20.8 Å². The fraction of sp³-hybridized carbons (Fsp3) is 0.409. The lowest BCUT2D eigenvalue weighted by Gasteiger charge is -2.26. The van der Waals surface area contributed by atoms with Gasteiger partial charge in [0.2, 0.25) is 5.91 Å². The van der Waals surface area contributed by atoms with E-state index in [-0.39, 0.29) is 35.9 Å². The van der Waals surface area contributed by atoms with Crippen molar-refractivity contribution in [1.29, 1.82) is 0 Å². The summed E-state index contributed by atoms with van der Waals surface area (Å²) in [6.45, 7) is 6.35. The lowest BCUT2D eigenvalue weighted by molar-refractivity contribution is -0.118. The number of benzene rings is 1. The molecule has 10 heteroatoms. The van der Waals surface area contributed by atoms with Gasteiger partial charge in [0.25, 0.3) is 11.1 Å². The van der Waals surface area contributed by atoms with Gasteiger partial charge in [-0.2, -0.15) is 5.10 Å². The van der Waals surface area contributed by atoms with Gasteiger partial charge in [0.05, 0.1) is 17.5 Å². The summed E-state index contributed by atoms with van der Waals surface area (Å²) in [5, 5.41) is 7.46. The molecule has 0 spiro atoms. The van der Waals surface area contributed by atoms with E-state index in [2.05, 4.69) is 15.2 Å². The van der Waals surface area contributed by atoms with E-state index in [0.717, 1.165) is 6.42 Å². The van der Waals surface area contributed by atoms with Crippen LogP contribution < -0.4 is 27.4 Å². The molecule has 0 aliphatic rings. The van der Waals surface area contributed by atoms with E-state index in [1.165, 1.54) is 9.47 Å². The fourth-order valence-electron chi connectivity index (χ4n) is 3.60. The summed E-state index contributed by atoms with van der Waals surface area (Å²) < 4.78 is 1.29. The third-order valence-corrected chi connectivity index (χ3v) is 5.16. The molecule has 2 aromatic heterocycles. The Labute approximate surface area is 184 Å². The average molecular weight is 441 g/mol. The highest BCUT2D eigenvalue weighted by molar-refractivity contribution is 5.98. The Morgan fingerprint density at radius 1 is 1.16 bits per heavy atom. The molecule has 0 aliphatic heterocycles. The minimum Gasteiger partial charge on any atom is -0.383 e. The van der Waals surface area contributed by atoms with Gasteiger partial charge in [-0.3, -0.25) is 23.9 Å². The van der Waals surface area contributed by atoms with Crippen LogP contribution in [0.2, 0.25) is 0 Å². The van der Waals surface area contributed by atoms with Gasteiger partial charge >= 0.3 is 5.69 Å². The minimum atomic E-state index is -0.714. The number of carbonyl (C=O) groups is 1. The van der Waals surface area contributed by atoms with Crippen molar-refractivity contribution in [1.82, 2.24) is 19.7 Å². The summed E-state index contributed by atoms with van der Waals surface area (Å²) in [5.74, 6) is -0.434. The third kappa shape index (κ3) is 4.63. The number of unbranched alkanes of at least 4 members (excludes halogenated alkanes) is 1. The quantitative estimate of drug-likeness (QED) is 0.482. The van der Waals surface area contributed by atoms with Gasteiger partial charge in [0.15, 0.2) is 5.69 Å². The molecule has 4 N–H and O–H groups in total. The summed E-state index contributed by atoms with van der Waals surface area (Å²) >= 11 is 0. The first-order valence-electron chi connectivity index (χ1n) is 10.6. The lowest BCUT2D eigenvalue weighted by Crippen LogP contribution is -2.43. The molecular formula is C22H28N6O4. The summed E-state index contributed by atoms with van der Waals surface area (Å²) in [5.41, 5.74) is 4.90. The first-order chi connectivity index (χ1) is 15.2. The monoisotopic (exact) mass is 440 g/mol. The molecule has 0 saturated carbocycles. The van der Waals surface area contributed by atoms with E-state index in [0.29, 0.717) is 29.4 Å². The van der Waals surface area contributed by atoms with Crippen molar-refractivity contribution in [2.45, 2.75) is 46.6 Å². The predicted molar refractivity (Wildman–Crippen MR) is 124 cm³/mol. The highest BCUT2D eigenvalue weighted by Gasteiger charge is 2.26. The first-order valence-corrected chi connectivity index (χ1v) is 10.6. The number of anilines is 2. The molecule has 170 valence electrons. The molecule has 0 aliphatic carbocycles. The van der Waals surface area contributed by atoms with Crippen LogP contribution in [-0.2, 0) is 17.8 Å². The number of nitrogen functional groups attached to an aromatic ring is 1. The maximum atomic E-state index is 13.4. The molecule has 0 unspecified atom stereocenters. The van der Waals surface area contributed by atoms with Crippen molar-refractivity contribution in [3.63, 3.8) is 0 Å². The average Bonchev–Trinajstić information content (AvgIpc) is 2.74. The molecule has 10 nitrogen and oxygen atoms in total. The number of carbonyl (C=O) groups excluding carboxylic acids is 1. The number of nitrogens with zero attached hydrogens (tertiary/aromatic N) is 3. The largest absolute Gasteiger partial charge is 0.383 e. The first kappa shape index (κ1) is 23.0. The van der Waals surface area contributed by atoms with Gasteiger partial charge in [-0.25, -0.2) is 9.89 Å². The van der Waals surface area contributed by atoms with Crippen LogP contribution in [0.15, 0.2) is 38.6 Å². The van der Waals surface area contributed by atoms with Gasteiger partial charge < -0.3 is 10.6 Å². The Kier molecular flexibility index (Phi) is 6.92. The van der Waals surface area contributed by atoms with Gasteiger partial charge in [0, 0.05) is 18.5 Å². The number of fused-ring (bicyclic) bond motifs is 1. The van der Waals surface area contributed by atoms with Gasteiger partial charge in [-0.1, -0.05) is 45.4 Å². The van der Waals surface area contributed by atoms with Crippen LogP contribution >= 0.6 is 0 Å². The Hall–Kier alpha value is -3.69. The number of nitrogens with one attached hydrogen (secondary N) is 2. The predicted octanol–water partition coefficient (Wildman–Crippen LogP) is 1.39. The number of aromatic nitrogens is 4. The van der Waals surface area contributed by atoms with Crippen LogP contribution in [0.4, 0.5) is 11.5 Å². The standard InChI is InChI=1S/C22H28N6O4/c1-4-5-10-27-19(23)18(21(31)24-22(27)32)28(12-13(2)3)17(29)11-16-14-8-6-7-9-15(14)20(30)26-25-16/h6-9,13H,4-5,10-12,23H2,1-3H3,(H,26,30)(H,24,31,32). The van der Waals surface area contributed by atoms with Crippen molar-refractivity contribution < 1.29 is 4.79 Å². The Bertz CT molecular complexity index is 1300. The number of aromatic amines is 2. The highest BCUT2D eigenvalue weighted by atomic mass is 16.2. The minimum absolute atomic E-state index is 0.0223. The summed E-state index contributed by atoms with van der Waals surface area (Å²) in [7, 11) is 0. The van der Waals surface area contributed by atoms with E-state index < -0.39 is 17.2 Å². The Balaban J connectivity index is 2.08. The van der Waals surface area contributed by atoms with Gasteiger partial charge in [-0.15, -0.1) is 0 Å². The molecular weight excluding hydrogens is 412 g/mol. The number of amides is 1. The van der Waals surface area contributed by atoms with Crippen molar-refractivity contribution in [3.05, 3.63) is 61.2 Å². The highest BCUT2D eigenvalue weighted by Crippen LogP contribution is 2.21. The topological polar surface area (TPSA) is 147 Å². The van der Waals surface area contributed by atoms with Crippen LogP contribution in [0.1, 0.15) is 39.3 Å². The van der Waals surface area contributed by atoms with Gasteiger partial charge in [0.1, 0.15) is 5.82 Å². The molecule has 3 rings (SSSR count). The van der Waals surface area contributed by atoms with Gasteiger partial charge in [-0.05, 0) is 18.4 Å². The lowest BCUT2D eigenvalue weighted by atomic mass is 10.1. The molecule has 0 radical (unpaired) electrons. The van der Waals surface area contributed by atoms with Crippen LogP contribution in [0.25, 0.3) is 10.8 Å². The number of nitrogens with two attached hydrogens (primary N) is 1. The van der Waals surface area contributed by atoms with Crippen molar-refractivity contribution in [3.8, 4) is 0 Å². The maximum absolute atomic E-state index is 13.4. The molecule has 2 heterocycles. The molecule has 0 bridgehead atoms. The van der Waals surface area contributed by atoms with E-state index in [1.54, 1.807) is 24.3 Å². The molecule has 0 atom stereocenters. The Morgan fingerprint density at radius 2 is 1.84 bits per heavy atom. The molecule has 32 heavy (non-hydrogen) atoms. The van der Waals surface area contributed by atoms with Crippen molar-refractivity contribution >= 4 is 28.2 Å². The van der Waals surface area contributed by atoms with E-state index in [9.17, 15) is 19.2 Å². The second kappa shape index (κ2) is 9.63. The zero-order chi connectivity index (χ0) is 23.4. The second-order valence-corrected chi connectivity index (χ2v) is 8.12. The molecule has 0 fully saturated rings. The summed E-state index contributed by atoms with van der Waals surface area (Å²) in [6, 6.07) is 6.87. The molecule has 0 saturated heterocycles. The van der Waals surface area contributed by atoms with Crippen LogP contribution in [0.5, 0.6) is 0 Å². The number of hydrogen-bond acceptors (Lipinski definition) is 6. The molecule has 1 amide bonds. The van der Waals surface area contributed by atoms with Crippen LogP contribution in [0, 0.1) is 5.92 Å². The SMILES string of the molecule is CCCCn1c(N)c(N(CC(C)C)C(=O)Cc2n[nH]c(=O)c3ccccc23)c(=O)[nH]c1=O. The maximum Gasteiger partial charge on any atom is 0.330 e. The third-order valence-electron chi connectivity index (χ3n) is 5.16. The zero-order valence-electron chi connectivity index (χ0n) is 18.5. The normalized spacial score (nSPS) is 11.2. The Morgan fingerprint density at radius 3 is 2.50 bits per heavy atom. The van der Waals surface area contributed by atoms with E-state index >= 15 is 0 Å². The van der Waals surface area contributed by atoms with E-state index in [4.69, 9.17) is 5.73 Å². The summed E-state index contributed by atoms with van der Waals surface area (Å²) in [6.07, 6.45) is 1.37.